The Bertz CT molecular complexity index is 584. The van der Waals surface area contributed by atoms with Crippen LogP contribution in [0.2, 0.25) is 0 Å². The summed E-state index contributed by atoms with van der Waals surface area (Å²) < 4.78 is 26.7. The largest absolute Gasteiger partial charge is 0.382 e. The summed E-state index contributed by atoms with van der Waals surface area (Å²) in [6.07, 6.45) is 0.323. The highest BCUT2D eigenvalue weighted by Gasteiger charge is 2.19. The Morgan fingerprint density at radius 3 is 2.56 bits per heavy atom. The third-order valence-corrected chi connectivity index (χ3v) is 2.77. The third-order valence-electron chi connectivity index (χ3n) is 2.77. The van der Waals surface area contributed by atoms with Gasteiger partial charge in [0.2, 0.25) is 0 Å². The highest BCUT2D eigenvalue weighted by Crippen LogP contribution is 2.26. The zero-order chi connectivity index (χ0) is 13.3. The second-order valence-corrected chi connectivity index (χ2v) is 4.28. The Kier molecular flexibility index (Phi) is 3.39. The van der Waals surface area contributed by atoms with Gasteiger partial charge in [-0.2, -0.15) is 0 Å². The van der Waals surface area contributed by atoms with Gasteiger partial charge in [0.05, 0.1) is 5.69 Å². The molecule has 1 unspecified atom stereocenters. The molecule has 1 aromatic heterocycles. The number of aromatic nitrogens is 1. The first-order valence-electron chi connectivity index (χ1n) is 5.55. The molecule has 0 radical (unpaired) electrons. The predicted molar refractivity (Wildman–Crippen MR) is 64.1 cm³/mol. The van der Waals surface area contributed by atoms with Gasteiger partial charge in [-0.25, -0.2) is 8.78 Å². The normalized spacial score (nSPS) is 12.5. The lowest BCUT2D eigenvalue weighted by Crippen LogP contribution is -2.07. The van der Waals surface area contributed by atoms with E-state index in [4.69, 9.17) is 0 Å². The van der Waals surface area contributed by atoms with Crippen LogP contribution in [0.3, 0.4) is 0 Å². The van der Waals surface area contributed by atoms with E-state index in [1.807, 2.05) is 13.0 Å². The van der Waals surface area contributed by atoms with E-state index in [1.165, 1.54) is 0 Å². The molecule has 0 saturated heterocycles. The zero-order valence-electron chi connectivity index (χ0n) is 10.1. The van der Waals surface area contributed by atoms with Crippen LogP contribution < -0.4 is 0 Å². The number of benzene rings is 1. The van der Waals surface area contributed by atoms with Crippen LogP contribution in [-0.2, 0) is 0 Å². The molecule has 0 spiro atoms. The van der Waals surface area contributed by atoms with Gasteiger partial charge in [-0.05, 0) is 43.2 Å². The van der Waals surface area contributed by atoms with E-state index >= 15 is 0 Å². The Labute approximate surface area is 104 Å². The van der Waals surface area contributed by atoms with Crippen LogP contribution in [0.15, 0.2) is 30.5 Å². The van der Waals surface area contributed by atoms with Gasteiger partial charge in [-0.1, -0.05) is 6.07 Å². The van der Waals surface area contributed by atoms with Crippen molar-refractivity contribution < 1.29 is 13.9 Å². The van der Waals surface area contributed by atoms with Crippen molar-refractivity contribution in [2.24, 2.45) is 0 Å². The van der Waals surface area contributed by atoms with Crippen LogP contribution in [0.1, 0.15) is 28.5 Å². The van der Waals surface area contributed by atoms with Gasteiger partial charge in [0.25, 0.3) is 0 Å². The Hall–Kier alpha value is -1.81. The highest BCUT2D eigenvalue weighted by atomic mass is 19.1. The summed E-state index contributed by atoms with van der Waals surface area (Å²) in [5, 5.41) is 10.1. The lowest BCUT2D eigenvalue weighted by Gasteiger charge is -2.14. The van der Waals surface area contributed by atoms with E-state index in [9.17, 15) is 13.9 Å². The fraction of sp³-hybridized carbons (Fsp3) is 0.214. The van der Waals surface area contributed by atoms with Crippen LogP contribution in [0.4, 0.5) is 8.78 Å². The minimum atomic E-state index is -1.26. The fourth-order valence-corrected chi connectivity index (χ4v) is 1.88. The molecule has 0 fully saturated rings. The molecular formula is C14H13F2NO. The summed E-state index contributed by atoms with van der Waals surface area (Å²) in [6, 6.07) is 4.84. The Morgan fingerprint density at radius 1 is 1.17 bits per heavy atom. The number of hydrogen-bond acceptors (Lipinski definition) is 2. The quantitative estimate of drug-likeness (QED) is 0.887. The van der Waals surface area contributed by atoms with E-state index in [0.717, 1.165) is 29.3 Å². The lowest BCUT2D eigenvalue weighted by molar-refractivity contribution is 0.208. The molecule has 2 rings (SSSR count). The first kappa shape index (κ1) is 12.6. The monoisotopic (exact) mass is 249 g/mol. The number of hydrogen-bond donors (Lipinski definition) is 1. The van der Waals surface area contributed by atoms with E-state index in [-0.39, 0.29) is 5.56 Å². The molecule has 0 aliphatic heterocycles. The average Bonchev–Trinajstić information content (AvgIpc) is 2.31. The molecule has 0 aliphatic rings. The van der Waals surface area contributed by atoms with Crippen LogP contribution in [-0.4, -0.2) is 10.1 Å². The molecule has 1 atom stereocenters. The van der Waals surface area contributed by atoms with Gasteiger partial charge in [0.1, 0.15) is 17.7 Å². The molecule has 2 nitrogen and oxygen atoms in total. The van der Waals surface area contributed by atoms with E-state index < -0.39 is 17.7 Å². The summed E-state index contributed by atoms with van der Waals surface area (Å²) in [5.74, 6) is -1.24. The maximum atomic E-state index is 13.6. The predicted octanol–water partition coefficient (Wildman–Crippen LogP) is 3.06. The Balaban J connectivity index is 2.47. The second-order valence-electron chi connectivity index (χ2n) is 4.28. The SMILES string of the molecule is Cc1cnc(C(O)c2cc(F)ccc2F)c(C)c1. The van der Waals surface area contributed by atoms with Crippen molar-refractivity contribution in [3.8, 4) is 0 Å². The van der Waals surface area contributed by atoms with Crippen molar-refractivity contribution in [1.82, 2.24) is 4.98 Å². The highest BCUT2D eigenvalue weighted by molar-refractivity contribution is 5.33. The van der Waals surface area contributed by atoms with E-state index in [0.29, 0.717) is 5.69 Å². The van der Waals surface area contributed by atoms with Crippen molar-refractivity contribution >= 4 is 0 Å². The van der Waals surface area contributed by atoms with Crippen molar-refractivity contribution in [2.75, 3.05) is 0 Å². The maximum Gasteiger partial charge on any atom is 0.129 e. The smallest absolute Gasteiger partial charge is 0.129 e. The topological polar surface area (TPSA) is 33.1 Å². The molecular weight excluding hydrogens is 236 g/mol. The van der Waals surface area contributed by atoms with Gasteiger partial charge in [0, 0.05) is 11.8 Å². The molecule has 0 amide bonds. The number of aliphatic hydroxyl groups is 1. The van der Waals surface area contributed by atoms with Gasteiger partial charge in [-0.15, -0.1) is 0 Å². The van der Waals surface area contributed by atoms with Crippen molar-refractivity contribution in [1.29, 1.82) is 0 Å². The summed E-state index contributed by atoms with van der Waals surface area (Å²) >= 11 is 0. The van der Waals surface area contributed by atoms with E-state index in [2.05, 4.69) is 4.98 Å². The zero-order valence-corrected chi connectivity index (χ0v) is 10.1. The molecule has 18 heavy (non-hydrogen) atoms. The van der Waals surface area contributed by atoms with Gasteiger partial charge >= 0.3 is 0 Å². The molecule has 1 aromatic carbocycles. The standard InChI is InChI=1S/C14H13F2NO/c1-8-5-9(2)13(17-7-8)14(18)11-6-10(15)3-4-12(11)16/h3-7,14,18H,1-2H3. The van der Waals surface area contributed by atoms with E-state index in [1.54, 1.807) is 13.1 Å². The number of halogens is 2. The number of rotatable bonds is 2. The van der Waals surface area contributed by atoms with Crippen molar-refractivity contribution in [3.05, 3.63) is 64.5 Å². The number of aliphatic hydroxyl groups excluding tert-OH is 1. The van der Waals surface area contributed by atoms with Crippen LogP contribution >= 0.6 is 0 Å². The number of pyridine rings is 1. The van der Waals surface area contributed by atoms with Crippen LogP contribution in [0.25, 0.3) is 0 Å². The van der Waals surface area contributed by atoms with Gasteiger partial charge in [-0.3, -0.25) is 4.98 Å². The van der Waals surface area contributed by atoms with Crippen LogP contribution in [0, 0.1) is 25.5 Å². The molecule has 94 valence electrons. The molecule has 2 aromatic rings. The summed E-state index contributed by atoms with van der Waals surface area (Å²) in [7, 11) is 0. The molecule has 0 aliphatic carbocycles. The molecule has 4 heteroatoms. The van der Waals surface area contributed by atoms with Crippen molar-refractivity contribution in [3.63, 3.8) is 0 Å². The summed E-state index contributed by atoms with van der Waals surface area (Å²) in [6.45, 7) is 3.65. The first-order valence-corrected chi connectivity index (χ1v) is 5.55. The number of nitrogens with zero attached hydrogens (tertiary/aromatic N) is 1. The molecule has 0 saturated carbocycles. The summed E-state index contributed by atoms with van der Waals surface area (Å²) in [4.78, 5) is 4.09. The minimum absolute atomic E-state index is 0.102. The van der Waals surface area contributed by atoms with Gasteiger partial charge in [0.15, 0.2) is 0 Å². The average molecular weight is 249 g/mol. The fourth-order valence-electron chi connectivity index (χ4n) is 1.88. The summed E-state index contributed by atoms with van der Waals surface area (Å²) in [5.41, 5.74) is 1.92. The number of aryl methyl sites for hydroxylation is 2. The molecule has 1 N–H and O–H groups in total. The van der Waals surface area contributed by atoms with Crippen molar-refractivity contribution in [2.45, 2.75) is 20.0 Å². The van der Waals surface area contributed by atoms with Crippen LogP contribution in [0.5, 0.6) is 0 Å². The first-order chi connectivity index (χ1) is 8.49. The van der Waals surface area contributed by atoms with Gasteiger partial charge < -0.3 is 5.11 Å². The lowest BCUT2D eigenvalue weighted by atomic mass is 10.0. The molecule has 1 heterocycles. The molecule has 0 bridgehead atoms. The second kappa shape index (κ2) is 4.82. The third kappa shape index (κ3) is 2.38. The minimum Gasteiger partial charge on any atom is -0.382 e. The Morgan fingerprint density at radius 2 is 1.89 bits per heavy atom. The maximum absolute atomic E-state index is 13.6.